The van der Waals surface area contributed by atoms with Gasteiger partial charge in [-0.3, -0.25) is 4.90 Å². The highest BCUT2D eigenvalue weighted by molar-refractivity contribution is 5.24. The summed E-state index contributed by atoms with van der Waals surface area (Å²) in [5.41, 5.74) is 4.32. The second-order valence-corrected chi connectivity index (χ2v) is 7.22. The average Bonchev–Trinajstić information content (AvgIpc) is 2.61. The first kappa shape index (κ1) is 18.7. The topological polar surface area (TPSA) is 3.24 Å². The van der Waals surface area contributed by atoms with Crippen molar-refractivity contribution in [3.05, 3.63) is 71.3 Å². The molecular formula is C23H33N. The van der Waals surface area contributed by atoms with E-state index in [-0.39, 0.29) is 0 Å². The Kier molecular flexibility index (Phi) is 7.52. The van der Waals surface area contributed by atoms with E-state index in [9.17, 15) is 0 Å². The van der Waals surface area contributed by atoms with E-state index >= 15 is 0 Å². The van der Waals surface area contributed by atoms with Crippen LogP contribution in [0.1, 0.15) is 69.1 Å². The van der Waals surface area contributed by atoms with Crippen LogP contribution in [0.2, 0.25) is 0 Å². The molecule has 0 amide bonds. The van der Waals surface area contributed by atoms with Crippen molar-refractivity contribution in [1.82, 2.24) is 4.90 Å². The molecular weight excluding hydrogens is 290 g/mol. The van der Waals surface area contributed by atoms with Crippen LogP contribution in [-0.4, -0.2) is 18.0 Å². The van der Waals surface area contributed by atoms with Crippen molar-refractivity contribution < 1.29 is 0 Å². The van der Waals surface area contributed by atoms with E-state index in [0.717, 1.165) is 13.1 Å². The second-order valence-electron chi connectivity index (χ2n) is 7.22. The minimum absolute atomic E-state index is 0.612. The molecule has 1 nitrogen and oxygen atoms in total. The first-order valence-electron chi connectivity index (χ1n) is 9.46. The molecule has 0 spiro atoms. The van der Waals surface area contributed by atoms with Crippen LogP contribution in [0.15, 0.2) is 54.6 Å². The van der Waals surface area contributed by atoms with Crippen molar-refractivity contribution >= 4 is 0 Å². The predicted molar refractivity (Wildman–Crippen MR) is 106 cm³/mol. The maximum absolute atomic E-state index is 2.56. The highest BCUT2D eigenvalue weighted by atomic mass is 15.1. The van der Waals surface area contributed by atoms with Gasteiger partial charge in [-0.25, -0.2) is 0 Å². The lowest BCUT2D eigenvalue weighted by Gasteiger charge is -2.22. The summed E-state index contributed by atoms with van der Waals surface area (Å²) in [6.45, 7) is 12.5. The van der Waals surface area contributed by atoms with Crippen molar-refractivity contribution in [2.24, 2.45) is 0 Å². The molecule has 130 valence electrons. The molecule has 0 heterocycles. The van der Waals surface area contributed by atoms with Gasteiger partial charge in [-0.05, 0) is 54.5 Å². The molecule has 0 aliphatic rings. The Morgan fingerprint density at radius 2 is 1.50 bits per heavy atom. The number of hydrogen-bond donors (Lipinski definition) is 0. The van der Waals surface area contributed by atoms with Crippen molar-refractivity contribution in [1.29, 1.82) is 0 Å². The maximum Gasteiger partial charge on any atom is 0.0233 e. The molecule has 1 unspecified atom stereocenters. The second kappa shape index (κ2) is 9.64. The van der Waals surface area contributed by atoms with E-state index in [0.29, 0.717) is 11.8 Å². The van der Waals surface area contributed by atoms with E-state index < -0.39 is 0 Å². The first-order valence-corrected chi connectivity index (χ1v) is 9.46. The maximum atomic E-state index is 2.56. The first-order chi connectivity index (χ1) is 11.6. The monoisotopic (exact) mass is 323 g/mol. The summed E-state index contributed by atoms with van der Waals surface area (Å²) in [5.74, 6) is 1.26. The Balaban J connectivity index is 1.79. The fourth-order valence-electron chi connectivity index (χ4n) is 3.18. The summed E-state index contributed by atoms with van der Waals surface area (Å²) in [4.78, 5) is 2.56. The molecule has 0 radical (unpaired) electrons. The summed E-state index contributed by atoms with van der Waals surface area (Å²) < 4.78 is 0. The van der Waals surface area contributed by atoms with E-state index in [2.05, 4.69) is 87.2 Å². The molecule has 0 bridgehead atoms. The molecule has 2 aromatic carbocycles. The lowest BCUT2D eigenvalue weighted by Crippen LogP contribution is -2.24. The molecule has 2 aromatic rings. The van der Waals surface area contributed by atoms with Crippen LogP contribution in [0.3, 0.4) is 0 Å². The van der Waals surface area contributed by atoms with Gasteiger partial charge in [0.05, 0.1) is 0 Å². The highest BCUT2D eigenvalue weighted by Gasteiger charge is 2.08. The zero-order valence-corrected chi connectivity index (χ0v) is 15.8. The highest BCUT2D eigenvalue weighted by Crippen LogP contribution is 2.21. The van der Waals surface area contributed by atoms with Gasteiger partial charge in [-0.1, -0.05) is 82.3 Å². The Labute approximate surface area is 148 Å². The molecule has 1 heteroatoms. The third-order valence-corrected chi connectivity index (χ3v) is 4.98. The molecule has 1 atom stereocenters. The standard InChI is InChI=1S/C23H33N/c1-5-24(18-21-13-15-22(16-14-21)19(2)3)17-9-10-20(4)23-11-7-6-8-12-23/h6-8,11-16,19-20H,5,9-10,17-18H2,1-4H3. The van der Waals surface area contributed by atoms with Crippen molar-refractivity contribution in [3.8, 4) is 0 Å². The van der Waals surface area contributed by atoms with Gasteiger partial charge in [0.1, 0.15) is 0 Å². The average molecular weight is 324 g/mol. The van der Waals surface area contributed by atoms with Crippen molar-refractivity contribution in [3.63, 3.8) is 0 Å². The van der Waals surface area contributed by atoms with Crippen LogP contribution in [0.4, 0.5) is 0 Å². The van der Waals surface area contributed by atoms with E-state index in [1.54, 1.807) is 0 Å². The normalized spacial score (nSPS) is 12.8. The van der Waals surface area contributed by atoms with E-state index in [1.807, 2.05) is 0 Å². The van der Waals surface area contributed by atoms with Crippen molar-refractivity contribution in [2.45, 2.75) is 58.9 Å². The van der Waals surface area contributed by atoms with Crippen LogP contribution < -0.4 is 0 Å². The van der Waals surface area contributed by atoms with Gasteiger partial charge in [-0.15, -0.1) is 0 Å². The van der Waals surface area contributed by atoms with E-state index in [1.165, 1.54) is 36.1 Å². The molecule has 0 saturated heterocycles. The quantitative estimate of drug-likeness (QED) is 0.530. The van der Waals surface area contributed by atoms with Gasteiger partial charge < -0.3 is 0 Å². The molecule has 0 saturated carbocycles. The Hall–Kier alpha value is -1.60. The number of hydrogen-bond acceptors (Lipinski definition) is 1. The van der Waals surface area contributed by atoms with Crippen molar-refractivity contribution in [2.75, 3.05) is 13.1 Å². The molecule has 2 rings (SSSR count). The summed E-state index contributed by atoms with van der Waals surface area (Å²) in [7, 11) is 0. The van der Waals surface area contributed by atoms with Gasteiger partial charge in [0.2, 0.25) is 0 Å². The van der Waals surface area contributed by atoms with Crippen LogP contribution >= 0.6 is 0 Å². The summed E-state index contributed by atoms with van der Waals surface area (Å²) in [5, 5.41) is 0. The minimum Gasteiger partial charge on any atom is -0.299 e. The summed E-state index contributed by atoms with van der Waals surface area (Å²) >= 11 is 0. The number of benzene rings is 2. The molecule has 24 heavy (non-hydrogen) atoms. The van der Waals surface area contributed by atoms with Gasteiger partial charge in [0, 0.05) is 6.54 Å². The van der Waals surface area contributed by atoms with Gasteiger partial charge in [0.25, 0.3) is 0 Å². The largest absolute Gasteiger partial charge is 0.299 e. The zero-order chi connectivity index (χ0) is 17.4. The van der Waals surface area contributed by atoms with Gasteiger partial charge >= 0.3 is 0 Å². The van der Waals surface area contributed by atoms with Crippen LogP contribution in [0, 0.1) is 0 Å². The molecule has 0 aliphatic carbocycles. The number of nitrogens with zero attached hydrogens (tertiary/aromatic N) is 1. The Morgan fingerprint density at radius 1 is 0.833 bits per heavy atom. The molecule has 0 fully saturated rings. The molecule has 0 N–H and O–H groups in total. The van der Waals surface area contributed by atoms with Gasteiger partial charge in [-0.2, -0.15) is 0 Å². The summed E-state index contributed by atoms with van der Waals surface area (Å²) in [6.07, 6.45) is 2.51. The van der Waals surface area contributed by atoms with Crippen LogP contribution in [0.25, 0.3) is 0 Å². The Bertz CT molecular complexity index is 571. The smallest absolute Gasteiger partial charge is 0.0233 e. The fraction of sp³-hybridized carbons (Fsp3) is 0.478. The van der Waals surface area contributed by atoms with Gasteiger partial charge in [0.15, 0.2) is 0 Å². The Morgan fingerprint density at radius 3 is 2.08 bits per heavy atom. The molecule has 0 aromatic heterocycles. The lowest BCUT2D eigenvalue weighted by atomic mass is 9.96. The van der Waals surface area contributed by atoms with Crippen LogP contribution in [-0.2, 0) is 6.54 Å². The predicted octanol–water partition coefficient (Wildman–Crippen LogP) is 6.22. The summed E-state index contributed by atoms with van der Waals surface area (Å²) in [6, 6.07) is 20.0. The third kappa shape index (κ3) is 5.79. The zero-order valence-electron chi connectivity index (χ0n) is 15.8. The van der Waals surface area contributed by atoms with Crippen LogP contribution in [0.5, 0.6) is 0 Å². The minimum atomic E-state index is 0.612. The molecule has 0 aliphatic heterocycles. The number of rotatable bonds is 9. The fourth-order valence-corrected chi connectivity index (χ4v) is 3.18. The SMILES string of the molecule is CCN(CCCC(C)c1ccccc1)Cc1ccc(C(C)C)cc1. The van der Waals surface area contributed by atoms with E-state index in [4.69, 9.17) is 0 Å². The lowest BCUT2D eigenvalue weighted by molar-refractivity contribution is 0.271. The third-order valence-electron chi connectivity index (χ3n) is 4.98.